The van der Waals surface area contributed by atoms with E-state index in [4.69, 9.17) is 5.11 Å². The zero-order chi connectivity index (χ0) is 10.9. The molecule has 0 saturated carbocycles. The molecule has 1 aromatic rings. The van der Waals surface area contributed by atoms with Gasteiger partial charge in [0, 0.05) is 18.5 Å². The molecule has 2 nitrogen and oxygen atoms in total. The standard InChI is InChI=1S/C8H11N.C2H6.CH4O/c1-6-4-7(2)9-8(3)5-6;2*1-2/h4-5H,1-3H3;1-2H3;2H,1H3. The Morgan fingerprint density at radius 3 is 1.46 bits per heavy atom. The second-order valence-corrected chi connectivity index (χ2v) is 2.43. The number of rotatable bonds is 0. The Labute approximate surface area is 81.6 Å². The van der Waals surface area contributed by atoms with Crippen molar-refractivity contribution in [1.29, 1.82) is 0 Å². The van der Waals surface area contributed by atoms with E-state index in [1.54, 1.807) is 0 Å². The van der Waals surface area contributed by atoms with Crippen LogP contribution in [0.1, 0.15) is 30.8 Å². The number of hydrogen-bond acceptors (Lipinski definition) is 2. The van der Waals surface area contributed by atoms with E-state index >= 15 is 0 Å². The van der Waals surface area contributed by atoms with E-state index in [0.29, 0.717) is 0 Å². The van der Waals surface area contributed by atoms with Crippen molar-refractivity contribution < 1.29 is 5.11 Å². The van der Waals surface area contributed by atoms with Gasteiger partial charge in [-0.15, -0.1) is 0 Å². The van der Waals surface area contributed by atoms with Crippen LogP contribution in [0, 0.1) is 20.8 Å². The summed E-state index contributed by atoms with van der Waals surface area (Å²) in [4.78, 5) is 4.23. The molecule has 0 unspecified atom stereocenters. The molecule has 1 heterocycles. The highest BCUT2D eigenvalue weighted by Gasteiger charge is 1.88. The maximum absolute atomic E-state index is 7.00. The third-order valence-electron chi connectivity index (χ3n) is 1.23. The minimum atomic E-state index is 1.00. The fourth-order valence-corrected chi connectivity index (χ4v) is 1.04. The van der Waals surface area contributed by atoms with Crippen LogP contribution < -0.4 is 0 Å². The molecule has 76 valence electrons. The van der Waals surface area contributed by atoms with Crippen molar-refractivity contribution in [2.75, 3.05) is 7.11 Å². The minimum absolute atomic E-state index is 1.00. The molecule has 0 aliphatic carbocycles. The average molecular weight is 183 g/mol. The van der Waals surface area contributed by atoms with Crippen LogP contribution >= 0.6 is 0 Å². The van der Waals surface area contributed by atoms with E-state index in [0.717, 1.165) is 18.5 Å². The fourth-order valence-electron chi connectivity index (χ4n) is 1.04. The van der Waals surface area contributed by atoms with Gasteiger partial charge in [-0.05, 0) is 38.5 Å². The first-order valence-electron chi connectivity index (χ1n) is 4.55. The highest BCUT2D eigenvalue weighted by molar-refractivity contribution is 5.18. The molecule has 0 saturated heterocycles. The summed E-state index contributed by atoms with van der Waals surface area (Å²) in [5, 5.41) is 7.00. The normalized spacial score (nSPS) is 7.62. The average Bonchev–Trinajstić information content (AvgIpc) is 2.09. The van der Waals surface area contributed by atoms with Gasteiger partial charge in [0.1, 0.15) is 0 Å². The molecule has 0 aromatic carbocycles. The Balaban J connectivity index is 0. The van der Waals surface area contributed by atoms with Gasteiger partial charge >= 0.3 is 0 Å². The van der Waals surface area contributed by atoms with Gasteiger partial charge in [-0.3, -0.25) is 4.98 Å². The fraction of sp³-hybridized carbons (Fsp3) is 0.545. The van der Waals surface area contributed by atoms with Crippen molar-refractivity contribution in [2.45, 2.75) is 34.6 Å². The molecule has 0 spiro atoms. The number of nitrogens with zero attached hydrogens (tertiary/aromatic N) is 1. The highest BCUT2D eigenvalue weighted by Crippen LogP contribution is 2.01. The number of aryl methyl sites for hydroxylation is 3. The molecule has 0 bridgehead atoms. The van der Waals surface area contributed by atoms with Crippen LogP contribution in [0.25, 0.3) is 0 Å². The Bertz CT molecular complexity index is 171. The van der Waals surface area contributed by atoms with Crippen molar-refractivity contribution in [1.82, 2.24) is 4.98 Å². The smallest absolute Gasteiger partial charge is 0.0378 e. The van der Waals surface area contributed by atoms with Crippen LogP contribution in [0.4, 0.5) is 0 Å². The molecule has 0 atom stereocenters. The van der Waals surface area contributed by atoms with E-state index < -0.39 is 0 Å². The van der Waals surface area contributed by atoms with Crippen LogP contribution in [-0.4, -0.2) is 17.2 Å². The Hall–Kier alpha value is -0.890. The van der Waals surface area contributed by atoms with Gasteiger partial charge in [-0.1, -0.05) is 13.8 Å². The van der Waals surface area contributed by atoms with Gasteiger partial charge in [0.2, 0.25) is 0 Å². The van der Waals surface area contributed by atoms with Crippen molar-refractivity contribution in [3.05, 3.63) is 29.1 Å². The summed E-state index contributed by atoms with van der Waals surface area (Å²) in [5.74, 6) is 0. The monoisotopic (exact) mass is 183 g/mol. The first kappa shape index (κ1) is 14.6. The predicted molar refractivity (Wildman–Crippen MR) is 57.9 cm³/mol. The lowest BCUT2D eigenvalue weighted by atomic mass is 10.2. The second kappa shape index (κ2) is 9.20. The van der Waals surface area contributed by atoms with Crippen LogP contribution in [0.5, 0.6) is 0 Å². The molecule has 1 rings (SSSR count). The first-order valence-corrected chi connectivity index (χ1v) is 4.55. The molecular weight excluding hydrogens is 162 g/mol. The summed E-state index contributed by atoms with van der Waals surface area (Å²) >= 11 is 0. The minimum Gasteiger partial charge on any atom is -0.400 e. The number of aliphatic hydroxyl groups is 1. The Morgan fingerprint density at radius 1 is 0.923 bits per heavy atom. The quantitative estimate of drug-likeness (QED) is 0.670. The molecule has 1 aromatic heterocycles. The third-order valence-corrected chi connectivity index (χ3v) is 1.23. The molecular formula is C11H21NO. The van der Waals surface area contributed by atoms with Crippen molar-refractivity contribution in [2.24, 2.45) is 0 Å². The Kier molecular flexibility index (Phi) is 10.3. The van der Waals surface area contributed by atoms with Gasteiger partial charge in [0.15, 0.2) is 0 Å². The van der Waals surface area contributed by atoms with Crippen molar-refractivity contribution in [3.63, 3.8) is 0 Å². The summed E-state index contributed by atoms with van der Waals surface area (Å²) in [6, 6.07) is 4.15. The van der Waals surface area contributed by atoms with E-state index in [-0.39, 0.29) is 0 Å². The largest absolute Gasteiger partial charge is 0.400 e. The molecule has 0 radical (unpaired) electrons. The molecule has 0 fully saturated rings. The molecule has 0 aliphatic heterocycles. The highest BCUT2D eigenvalue weighted by atomic mass is 16.2. The Morgan fingerprint density at radius 2 is 1.23 bits per heavy atom. The topological polar surface area (TPSA) is 33.1 Å². The van der Waals surface area contributed by atoms with Gasteiger partial charge in [-0.2, -0.15) is 0 Å². The van der Waals surface area contributed by atoms with Crippen LogP contribution in [0.15, 0.2) is 12.1 Å². The van der Waals surface area contributed by atoms with Crippen molar-refractivity contribution >= 4 is 0 Å². The maximum Gasteiger partial charge on any atom is 0.0378 e. The molecule has 2 heteroatoms. The number of aromatic nitrogens is 1. The lowest BCUT2D eigenvalue weighted by molar-refractivity contribution is 0.399. The molecule has 13 heavy (non-hydrogen) atoms. The molecule has 0 aliphatic rings. The van der Waals surface area contributed by atoms with Gasteiger partial charge < -0.3 is 5.11 Å². The van der Waals surface area contributed by atoms with Gasteiger partial charge in [0.05, 0.1) is 0 Å². The lowest BCUT2D eigenvalue weighted by Gasteiger charge is -1.96. The van der Waals surface area contributed by atoms with E-state index in [2.05, 4.69) is 24.0 Å². The lowest BCUT2D eigenvalue weighted by Crippen LogP contribution is -1.85. The third kappa shape index (κ3) is 7.47. The number of hydrogen-bond donors (Lipinski definition) is 1. The summed E-state index contributed by atoms with van der Waals surface area (Å²) in [5.41, 5.74) is 3.50. The van der Waals surface area contributed by atoms with Crippen LogP contribution in [0.3, 0.4) is 0 Å². The molecule has 0 amide bonds. The van der Waals surface area contributed by atoms with E-state index in [1.807, 2.05) is 27.7 Å². The van der Waals surface area contributed by atoms with E-state index in [1.165, 1.54) is 5.56 Å². The SMILES string of the molecule is CC.CO.Cc1cc(C)nc(C)c1. The maximum atomic E-state index is 7.00. The summed E-state index contributed by atoms with van der Waals surface area (Å²) in [7, 11) is 1.00. The summed E-state index contributed by atoms with van der Waals surface area (Å²) in [6.45, 7) is 10.1. The number of aliphatic hydroxyl groups excluding tert-OH is 1. The second-order valence-electron chi connectivity index (χ2n) is 2.43. The zero-order valence-electron chi connectivity index (χ0n) is 9.55. The summed E-state index contributed by atoms with van der Waals surface area (Å²) < 4.78 is 0. The van der Waals surface area contributed by atoms with Gasteiger partial charge in [0.25, 0.3) is 0 Å². The number of pyridine rings is 1. The van der Waals surface area contributed by atoms with Crippen LogP contribution in [-0.2, 0) is 0 Å². The zero-order valence-corrected chi connectivity index (χ0v) is 9.55. The van der Waals surface area contributed by atoms with Crippen LogP contribution in [0.2, 0.25) is 0 Å². The predicted octanol–water partition coefficient (Wildman–Crippen LogP) is 2.64. The van der Waals surface area contributed by atoms with Gasteiger partial charge in [-0.25, -0.2) is 0 Å². The van der Waals surface area contributed by atoms with E-state index in [9.17, 15) is 0 Å². The first-order chi connectivity index (χ1) is 6.18. The van der Waals surface area contributed by atoms with Crippen molar-refractivity contribution in [3.8, 4) is 0 Å². The molecule has 1 N–H and O–H groups in total. The summed E-state index contributed by atoms with van der Waals surface area (Å²) in [6.07, 6.45) is 0.